The second kappa shape index (κ2) is 5.98. The Hall–Kier alpha value is -1.44. The molecule has 1 aromatic rings. The topological polar surface area (TPSA) is 78.5 Å². The van der Waals surface area contributed by atoms with Gasteiger partial charge in [0.15, 0.2) is 0 Å². The fourth-order valence-corrected chi connectivity index (χ4v) is 4.24. The Morgan fingerprint density at radius 3 is 2.95 bits per heavy atom. The predicted octanol–water partition coefficient (Wildman–Crippen LogP) is 0.483. The van der Waals surface area contributed by atoms with Crippen LogP contribution >= 0.6 is 0 Å². The number of carbonyl (C=O) groups excluding carboxylic acids is 1. The van der Waals surface area contributed by atoms with Gasteiger partial charge in [-0.1, -0.05) is 0 Å². The molecule has 0 aromatic heterocycles. The summed E-state index contributed by atoms with van der Waals surface area (Å²) in [6.07, 6.45) is 1.70. The first kappa shape index (κ1) is 15.5. The molecule has 2 aliphatic heterocycles. The molecule has 1 fully saturated rings. The molecule has 2 aliphatic rings. The molecule has 2 N–H and O–H groups in total. The third-order valence-corrected chi connectivity index (χ3v) is 5.78. The molecule has 0 spiro atoms. The molecular weight excluding hydrogens is 302 g/mol. The Morgan fingerprint density at radius 2 is 2.27 bits per heavy atom. The van der Waals surface area contributed by atoms with Gasteiger partial charge in [-0.3, -0.25) is 4.79 Å². The van der Waals surface area contributed by atoms with Crippen LogP contribution in [0.15, 0.2) is 23.1 Å². The van der Waals surface area contributed by atoms with Gasteiger partial charge in [-0.05, 0) is 55.6 Å². The molecule has 22 heavy (non-hydrogen) atoms. The third kappa shape index (κ3) is 3.02. The van der Waals surface area contributed by atoms with Gasteiger partial charge in [-0.2, -0.15) is 0 Å². The maximum absolute atomic E-state index is 12.4. The number of nitrogens with one attached hydrogen (secondary N) is 2. The average Bonchev–Trinajstić information content (AvgIpc) is 3.13. The molecule has 1 atom stereocenters. The lowest BCUT2D eigenvalue weighted by Crippen LogP contribution is -2.30. The first-order chi connectivity index (χ1) is 10.5. The van der Waals surface area contributed by atoms with Gasteiger partial charge in [-0.25, -0.2) is 13.1 Å². The summed E-state index contributed by atoms with van der Waals surface area (Å²) in [5, 5.41) is 3.23. The zero-order chi connectivity index (χ0) is 15.7. The van der Waals surface area contributed by atoms with Crippen molar-refractivity contribution >= 4 is 21.6 Å². The first-order valence-electron chi connectivity index (χ1n) is 7.59. The SMILES string of the molecule is CC(=O)N1CCc2cc(S(=O)(=O)NCC3CCNC3)ccc21. The van der Waals surface area contributed by atoms with E-state index in [2.05, 4.69) is 10.0 Å². The Labute approximate surface area is 130 Å². The Balaban J connectivity index is 1.75. The number of rotatable bonds is 4. The monoisotopic (exact) mass is 323 g/mol. The van der Waals surface area contributed by atoms with Crippen molar-refractivity contribution in [1.82, 2.24) is 10.0 Å². The van der Waals surface area contributed by atoms with Gasteiger partial charge in [0.25, 0.3) is 0 Å². The first-order valence-corrected chi connectivity index (χ1v) is 9.07. The molecule has 2 heterocycles. The summed E-state index contributed by atoms with van der Waals surface area (Å²) in [4.78, 5) is 13.5. The molecule has 1 aromatic carbocycles. The van der Waals surface area contributed by atoms with Crippen LogP contribution in [-0.2, 0) is 21.2 Å². The van der Waals surface area contributed by atoms with Gasteiger partial charge >= 0.3 is 0 Å². The highest BCUT2D eigenvalue weighted by Gasteiger charge is 2.25. The number of hydrogen-bond donors (Lipinski definition) is 2. The zero-order valence-corrected chi connectivity index (χ0v) is 13.4. The van der Waals surface area contributed by atoms with Crippen molar-refractivity contribution in [3.05, 3.63) is 23.8 Å². The van der Waals surface area contributed by atoms with Crippen LogP contribution in [0.1, 0.15) is 18.9 Å². The highest BCUT2D eigenvalue weighted by molar-refractivity contribution is 7.89. The number of fused-ring (bicyclic) bond motifs is 1. The minimum atomic E-state index is -3.49. The minimum absolute atomic E-state index is 0.0128. The molecule has 1 saturated heterocycles. The van der Waals surface area contributed by atoms with Gasteiger partial charge in [-0.15, -0.1) is 0 Å². The van der Waals surface area contributed by atoms with Crippen LogP contribution in [0.4, 0.5) is 5.69 Å². The van der Waals surface area contributed by atoms with E-state index in [1.54, 1.807) is 23.1 Å². The molecule has 0 radical (unpaired) electrons. The van der Waals surface area contributed by atoms with Crippen molar-refractivity contribution in [3.8, 4) is 0 Å². The lowest BCUT2D eigenvalue weighted by Gasteiger charge is -2.15. The summed E-state index contributed by atoms with van der Waals surface area (Å²) >= 11 is 0. The molecule has 120 valence electrons. The quantitative estimate of drug-likeness (QED) is 0.845. The van der Waals surface area contributed by atoms with Gasteiger partial charge < -0.3 is 10.2 Å². The zero-order valence-electron chi connectivity index (χ0n) is 12.6. The molecule has 1 amide bonds. The largest absolute Gasteiger partial charge is 0.316 e. The van der Waals surface area contributed by atoms with E-state index in [-0.39, 0.29) is 10.8 Å². The van der Waals surface area contributed by atoms with Gasteiger partial charge in [0.05, 0.1) is 4.90 Å². The van der Waals surface area contributed by atoms with Crippen molar-refractivity contribution in [3.63, 3.8) is 0 Å². The second-order valence-electron chi connectivity index (χ2n) is 5.92. The van der Waals surface area contributed by atoms with E-state index in [0.29, 0.717) is 25.4 Å². The summed E-state index contributed by atoms with van der Waals surface area (Å²) in [5.74, 6) is 0.346. The van der Waals surface area contributed by atoms with Crippen LogP contribution in [0.5, 0.6) is 0 Å². The normalized spacial score (nSPS) is 21.1. The Kier molecular flexibility index (Phi) is 4.20. The number of amides is 1. The maximum Gasteiger partial charge on any atom is 0.240 e. The lowest BCUT2D eigenvalue weighted by molar-refractivity contribution is -0.116. The molecule has 0 saturated carbocycles. The van der Waals surface area contributed by atoms with E-state index in [9.17, 15) is 13.2 Å². The van der Waals surface area contributed by atoms with Crippen LogP contribution in [0, 0.1) is 5.92 Å². The van der Waals surface area contributed by atoms with Crippen molar-refractivity contribution in [2.45, 2.75) is 24.7 Å². The van der Waals surface area contributed by atoms with E-state index >= 15 is 0 Å². The molecule has 0 aliphatic carbocycles. The third-order valence-electron chi connectivity index (χ3n) is 4.36. The Morgan fingerprint density at radius 1 is 1.45 bits per heavy atom. The van der Waals surface area contributed by atoms with Crippen LogP contribution in [0.2, 0.25) is 0 Å². The van der Waals surface area contributed by atoms with E-state index in [1.807, 2.05) is 0 Å². The predicted molar refractivity (Wildman–Crippen MR) is 84.3 cm³/mol. The number of anilines is 1. The maximum atomic E-state index is 12.4. The van der Waals surface area contributed by atoms with E-state index < -0.39 is 10.0 Å². The van der Waals surface area contributed by atoms with Crippen LogP contribution in [0.25, 0.3) is 0 Å². The molecule has 7 heteroatoms. The molecular formula is C15H21N3O3S. The molecule has 1 unspecified atom stereocenters. The summed E-state index contributed by atoms with van der Waals surface area (Å²) in [5.41, 5.74) is 1.74. The summed E-state index contributed by atoms with van der Waals surface area (Å²) in [6, 6.07) is 5.00. The molecule has 3 rings (SSSR count). The minimum Gasteiger partial charge on any atom is -0.316 e. The van der Waals surface area contributed by atoms with Crippen molar-refractivity contribution in [1.29, 1.82) is 0 Å². The second-order valence-corrected chi connectivity index (χ2v) is 7.69. The highest BCUT2D eigenvalue weighted by Crippen LogP contribution is 2.30. The smallest absolute Gasteiger partial charge is 0.240 e. The van der Waals surface area contributed by atoms with Crippen LogP contribution in [0.3, 0.4) is 0 Å². The standard InChI is InChI=1S/C15H21N3O3S/c1-11(19)18-7-5-13-8-14(2-3-15(13)18)22(20,21)17-10-12-4-6-16-9-12/h2-3,8,12,16-17H,4-7,9-10H2,1H3. The van der Waals surface area contributed by atoms with Crippen molar-refractivity contribution < 1.29 is 13.2 Å². The highest BCUT2D eigenvalue weighted by atomic mass is 32.2. The molecule has 6 nitrogen and oxygen atoms in total. The van der Waals surface area contributed by atoms with Gasteiger partial charge in [0.2, 0.25) is 15.9 Å². The fraction of sp³-hybridized carbons (Fsp3) is 0.533. The van der Waals surface area contributed by atoms with Crippen LogP contribution in [-0.4, -0.2) is 40.5 Å². The number of carbonyl (C=O) groups is 1. The lowest BCUT2D eigenvalue weighted by atomic mass is 10.1. The number of sulfonamides is 1. The molecule has 0 bridgehead atoms. The van der Waals surface area contributed by atoms with Crippen molar-refractivity contribution in [2.75, 3.05) is 31.1 Å². The van der Waals surface area contributed by atoms with Crippen LogP contribution < -0.4 is 14.9 Å². The van der Waals surface area contributed by atoms with Crippen molar-refractivity contribution in [2.24, 2.45) is 5.92 Å². The Bertz CT molecular complexity index is 681. The fourth-order valence-electron chi connectivity index (χ4n) is 3.07. The van der Waals surface area contributed by atoms with E-state index in [4.69, 9.17) is 0 Å². The average molecular weight is 323 g/mol. The van der Waals surface area contributed by atoms with E-state index in [1.165, 1.54) is 6.92 Å². The summed E-state index contributed by atoms with van der Waals surface area (Å²) in [7, 11) is -3.49. The number of benzene rings is 1. The number of hydrogen-bond acceptors (Lipinski definition) is 4. The van der Waals surface area contributed by atoms with Gasteiger partial charge in [0.1, 0.15) is 0 Å². The van der Waals surface area contributed by atoms with E-state index in [0.717, 1.165) is 30.8 Å². The summed E-state index contributed by atoms with van der Waals surface area (Å²) in [6.45, 7) is 4.42. The van der Waals surface area contributed by atoms with Gasteiger partial charge in [0, 0.05) is 25.7 Å². The number of nitrogens with zero attached hydrogens (tertiary/aromatic N) is 1. The summed E-state index contributed by atoms with van der Waals surface area (Å²) < 4.78 is 27.5.